The second kappa shape index (κ2) is 7.91. The van der Waals surface area contributed by atoms with E-state index in [1.807, 2.05) is 61.5 Å². The average molecular weight is 360 g/mol. The molecule has 2 aromatic carbocycles. The largest absolute Gasteiger partial charge is 0.378 e. The van der Waals surface area contributed by atoms with Gasteiger partial charge in [-0.1, -0.05) is 12.1 Å². The van der Waals surface area contributed by atoms with Gasteiger partial charge in [0.2, 0.25) is 0 Å². The van der Waals surface area contributed by atoms with Gasteiger partial charge < -0.3 is 15.5 Å². The number of aromatic nitrogens is 1. The summed E-state index contributed by atoms with van der Waals surface area (Å²) in [6, 6.07) is 17.4. The first-order chi connectivity index (χ1) is 12.9. The summed E-state index contributed by atoms with van der Waals surface area (Å²) in [4.78, 5) is 18.7. The highest BCUT2D eigenvalue weighted by Crippen LogP contribution is 2.22. The molecule has 0 unspecified atom stereocenters. The highest BCUT2D eigenvalue weighted by atomic mass is 16.1. The second-order valence-corrected chi connectivity index (χ2v) is 6.70. The maximum atomic E-state index is 12.4. The number of pyridine rings is 1. The molecule has 0 spiro atoms. The lowest BCUT2D eigenvalue weighted by molar-refractivity contribution is 0.102. The van der Waals surface area contributed by atoms with E-state index < -0.39 is 0 Å². The summed E-state index contributed by atoms with van der Waals surface area (Å²) in [5.74, 6) is -0.231. The minimum absolute atomic E-state index is 0.231. The molecule has 138 valence electrons. The zero-order valence-electron chi connectivity index (χ0n) is 16.1. The number of nitrogens with one attached hydrogen (secondary N) is 2. The molecular weight excluding hydrogens is 336 g/mol. The molecule has 0 aliphatic carbocycles. The van der Waals surface area contributed by atoms with E-state index in [1.54, 1.807) is 12.3 Å². The molecule has 0 atom stereocenters. The van der Waals surface area contributed by atoms with Crippen LogP contribution in [0.3, 0.4) is 0 Å². The van der Waals surface area contributed by atoms with Crippen molar-refractivity contribution in [3.8, 4) is 0 Å². The third-order valence-corrected chi connectivity index (χ3v) is 4.52. The number of carbonyl (C=O) groups excluding carboxylic acids is 1. The van der Waals surface area contributed by atoms with Crippen LogP contribution in [0.1, 0.15) is 21.6 Å². The minimum atomic E-state index is -0.231. The lowest BCUT2D eigenvalue weighted by Gasteiger charge is -2.13. The highest BCUT2D eigenvalue weighted by molar-refractivity contribution is 6.03. The number of amides is 1. The fourth-order valence-corrected chi connectivity index (χ4v) is 2.68. The van der Waals surface area contributed by atoms with Crippen LogP contribution in [0.4, 0.5) is 22.7 Å². The van der Waals surface area contributed by atoms with Crippen LogP contribution in [-0.2, 0) is 0 Å². The lowest BCUT2D eigenvalue weighted by Crippen LogP contribution is -2.14. The Morgan fingerprint density at radius 2 is 1.63 bits per heavy atom. The number of aryl methyl sites for hydroxylation is 1. The Hall–Kier alpha value is -3.34. The number of rotatable bonds is 5. The molecule has 1 amide bonds. The summed E-state index contributed by atoms with van der Waals surface area (Å²) in [6.45, 7) is 4.16. The van der Waals surface area contributed by atoms with Gasteiger partial charge in [-0.05, 0) is 67.4 Å². The van der Waals surface area contributed by atoms with E-state index in [4.69, 9.17) is 0 Å². The van der Waals surface area contributed by atoms with Gasteiger partial charge in [0.25, 0.3) is 5.91 Å². The monoisotopic (exact) mass is 360 g/mol. The van der Waals surface area contributed by atoms with Crippen LogP contribution in [0.25, 0.3) is 0 Å². The molecule has 0 saturated heterocycles. The zero-order valence-corrected chi connectivity index (χ0v) is 16.1. The summed E-state index contributed by atoms with van der Waals surface area (Å²) in [7, 11) is 3.96. The van der Waals surface area contributed by atoms with Gasteiger partial charge in [0.15, 0.2) is 0 Å². The van der Waals surface area contributed by atoms with Crippen LogP contribution < -0.4 is 15.5 Å². The first-order valence-electron chi connectivity index (χ1n) is 8.82. The quantitative estimate of drug-likeness (QED) is 0.689. The minimum Gasteiger partial charge on any atom is -0.378 e. The topological polar surface area (TPSA) is 57.3 Å². The Morgan fingerprint density at radius 3 is 2.26 bits per heavy atom. The van der Waals surface area contributed by atoms with Crippen LogP contribution in [-0.4, -0.2) is 25.0 Å². The molecule has 3 rings (SSSR count). The summed E-state index contributed by atoms with van der Waals surface area (Å²) < 4.78 is 0. The Kier molecular flexibility index (Phi) is 5.41. The Labute approximate surface area is 160 Å². The Bertz CT molecular complexity index is 932. The normalized spacial score (nSPS) is 10.4. The van der Waals surface area contributed by atoms with E-state index in [2.05, 4.69) is 35.5 Å². The van der Waals surface area contributed by atoms with Gasteiger partial charge in [-0.25, -0.2) is 4.98 Å². The van der Waals surface area contributed by atoms with E-state index >= 15 is 0 Å². The number of hydrogen-bond acceptors (Lipinski definition) is 4. The van der Waals surface area contributed by atoms with Crippen LogP contribution in [0, 0.1) is 13.8 Å². The maximum absolute atomic E-state index is 12.4. The third-order valence-electron chi connectivity index (χ3n) is 4.52. The fraction of sp³-hybridized carbons (Fsp3) is 0.182. The summed E-state index contributed by atoms with van der Waals surface area (Å²) >= 11 is 0. The molecule has 27 heavy (non-hydrogen) atoms. The van der Waals surface area contributed by atoms with Crippen molar-refractivity contribution in [2.24, 2.45) is 0 Å². The molecule has 0 radical (unpaired) electrons. The lowest BCUT2D eigenvalue weighted by atomic mass is 10.1. The molecule has 5 nitrogen and oxygen atoms in total. The smallest absolute Gasteiger partial charge is 0.274 e. The van der Waals surface area contributed by atoms with E-state index in [9.17, 15) is 4.79 Å². The first-order valence-corrected chi connectivity index (χ1v) is 8.82. The Balaban J connectivity index is 1.67. The average Bonchev–Trinajstić information content (AvgIpc) is 2.66. The number of carbonyl (C=O) groups is 1. The molecule has 5 heteroatoms. The predicted molar refractivity (Wildman–Crippen MR) is 112 cm³/mol. The van der Waals surface area contributed by atoms with Gasteiger partial charge in [-0.2, -0.15) is 0 Å². The third kappa shape index (κ3) is 4.44. The SMILES string of the molecule is Cc1cccc(Nc2ccc(C(=O)Nc3ccc(N(C)C)cc3)nc2)c1C. The highest BCUT2D eigenvalue weighted by Gasteiger charge is 2.09. The Morgan fingerprint density at radius 1 is 0.926 bits per heavy atom. The molecule has 0 aliphatic rings. The molecule has 0 aliphatic heterocycles. The zero-order chi connectivity index (χ0) is 19.4. The van der Waals surface area contributed by atoms with E-state index in [-0.39, 0.29) is 5.91 Å². The van der Waals surface area contributed by atoms with E-state index in [0.717, 1.165) is 22.7 Å². The van der Waals surface area contributed by atoms with E-state index in [0.29, 0.717) is 5.69 Å². The van der Waals surface area contributed by atoms with Gasteiger partial charge in [-0.3, -0.25) is 4.79 Å². The number of hydrogen-bond donors (Lipinski definition) is 2. The molecule has 3 aromatic rings. The van der Waals surface area contributed by atoms with E-state index in [1.165, 1.54) is 11.1 Å². The summed E-state index contributed by atoms with van der Waals surface area (Å²) in [6.07, 6.45) is 1.67. The van der Waals surface area contributed by atoms with Crippen molar-refractivity contribution >= 4 is 28.7 Å². The fourth-order valence-electron chi connectivity index (χ4n) is 2.68. The van der Waals surface area contributed by atoms with Crippen LogP contribution >= 0.6 is 0 Å². The summed E-state index contributed by atoms with van der Waals surface area (Å²) in [5, 5.41) is 6.22. The van der Waals surface area contributed by atoms with Crippen molar-refractivity contribution in [3.05, 3.63) is 77.6 Å². The van der Waals surface area contributed by atoms with Gasteiger partial charge in [0.1, 0.15) is 5.69 Å². The van der Waals surface area contributed by atoms with Crippen LogP contribution in [0.5, 0.6) is 0 Å². The molecule has 2 N–H and O–H groups in total. The van der Waals surface area contributed by atoms with Gasteiger partial charge in [0.05, 0.1) is 11.9 Å². The maximum Gasteiger partial charge on any atom is 0.274 e. The van der Waals surface area contributed by atoms with Crippen molar-refractivity contribution in [2.45, 2.75) is 13.8 Å². The molecule has 1 heterocycles. The van der Waals surface area contributed by atoms with Crippen LogP contribution in [0.15, 0.2) is 60.8 Å². The van der Waals surface area contributed by atoms with Gasteiger partial charge >= 0.3 is 0 Å². The first kappa shape index (κ1) is 18.5. The molecular formula is C22H24N4O. The standard InChI is InChI=1S/C22H24N4O/c1-15-6-5-7-20(16(15)2)24-18-10-13-21(23-14-18)22(27)25-17-8-11-19(12-9-17)26(3)4/h5-14,24H,1-4H3,(H,25,27). The molecule has 0 saturated carbocycles. The summed E-state index contributed by atoms with van der Waals surface area (Å²) in [5.41, 5.74) is 6.49. The van der Waals surface area contributed by atoms with Crippen molar-refractivity contribution < 1.29 is 4.79 Å². The number of anilines is 4. The van der Waals surface area contributed by atoms with Crippen molar-refractivity contribution in [1.82, 2.24) is 4.98 Å². The van der Waals surface area contributed by atoms with Crippen molar-refractivity contribution in [1.29, 1.82) is 0 Å². The van der Waals surface area contributed by atoms with Crippen LogP contribution in [0.2, 0.25) is 0 Å². The van der Waals surface area contributed by atoms with Crippen molar-refractivity contribution in [3.63, 3.8) is 0 Å². The van der Waals surface area contributed by atoms with Gasteiger partial charge in [-0.15, -0.1) is 0 Å². The molecule has 0 fully saturated rings. The molecule has 1 aromatic heterocycles. The number of benzene rings is 2. The van der Waals surface area contributed by atoms with Gasteiger partial charge in [0, 0.05) is 31.2 Å². The number of nitrogens with zero attached hydrogens (tertiary/aromatic N) is 2. The van der Waals surface area contributed by atoms with Crippen molar-refractivity contribution in [2.75, 3.05) is 29.6 Å². The second-order valence-electron chi connectivity index (χ2n) is 6.70. The molecule has 0 bridgehead atoms. The predicted octanol–water partition coefficient (Wildman–Crippen LogP) is 4.76.